The Morgan fingerprint density at radius 1 is 1.33 bits per heavy atom. The molecule has 1 atom stereocenters. The van der Waals surface area contributed by atoms with Gasteiger partial charge < -0.3 is 19.4 Å². The minimum atomic E-state index is -0.380. The van der Waals surface area contributed by atoms with Crippen molar-refractivity contribution in [2.24, 2.45) is 11.8 Å². The van der Waals surface area contributed by atoms with Crippen molar-refractivity contribution in [1.82, 2.24) is 10.2 Å². The fourth-order valence-corrected chi connectivity index (χ4v) is 2.99. The standard InChI is InChI=1S/C18H26N2O4/c1-13(24-12-14-4-5-14)18(22)20-8-6-15(7-9-20)17(21)19-11-16-3-2-10-23-16/h2-3,10,13-15H,4-9,11-12H2,1H3,(H,19,21)/t13-/m1/s1. The number of ether oxygens (including phenoxy) is 1. The molecule has 6 nitrogen and oxygen atoms in total. The van der Waals surface area contributed by atoms with Crippen LogP contribution in [-0.4, -0.2) is 42.5 Å². The summed E-state index contributed by atoms with van der Waals surface area (Å²) >= 11 is 0. The molecule has 3 rings (SSSR count). The van der Waals surface area contributed by atoms with Crippen LogP contribution in [0.5, 0.6) is 0 Å². The summed E-state index contributed by atoms with van der Waals surface area (Å²) in [7, 11) is 0. The maximum Gasteiger partial charge on any atom is 0.251 e. The highest BCUT2D eigenvalue weighted by atomic mass is 16.5. The van der Waals surface area contributed by atoms with Crippen LogP contribution in [0.4, 0.5) is 0 Å². The third kappa shape index (κ3) is 4.60. The van der Waals surface area contributed by atoms with E-state index in [9.17, 15) is 9.59 Å². The Morgan fingerprint density at radius 3 is 2.71 bits per heavy atom. The average molecular weight is 334 g/mol. The van der Waals surface area contributed by atoms with Crippen LogP contribution >= 0.6 is 0 Å². The molecule has 6 heteroatoms. The Balaban J connectivity index is 1.37. The Morgan fingerprint density at radius 2 is 2.08 bits per heavy atom. The van der Waals surface area contributed by atoms with E-state index >= 15 is 0 Å². The molecule has 1 aliphatic carbocycles. The molecular weight excluding hydrogens is 308 g/mol. The molecule has 132 valence electrons. The first-order chi connectivity index (χ1) is 11.6. The first-order valence-electron chi connectivity index (χ1n) is 8.84. The van der Waals surface area contributed by atoms with Crippen LogP contribution in [0.25, 0.3) is 0 Å². The molecule has 0 unspecified atom stereocenters. The minimum Gasteiger partial charge on any atom is -0.467 e. The van der Waals surface area contributed by atoms with E-state index in [1.165, 1.54) is 12.8 Å². The highest BCUT2D eigenvalue weighted by Gasteiger charge is 2.30. The van der Waals surface area contributed by atoms with Crippen LogP contribution in [-0.2, 0) is 20.9 Å². The number of hydrogen-bond donors (Lipinski definition) is 1. The third-order valence-corrected chi connectivity index (χ3v) is 4.82. The summed E-state index contributed by atoms with van der Waals surface area (Å²) in [5.41, 5.74) is 0. The Hall–Kier alpha value is -1.82. The SMILES string of the molecule is C[C@@H](OCC1CC1)C(=O)N1CCC(C(=O)NCc2ccco2)CC1. The molecule has 24 heavy (non-hydrogen) atoms. The number of carbonyl (C=O) groups excluding carboxylic acids is 2. The average Bonchev–Trinajstić information content (AvgIpc) is 3.30. The lowest BCUT2D eigenvalue weighted by Gasteiger charge is -2.32. The van der Waals surface area contributed by atoms with Gasteiger partial charge in [0.15, 0.2) is 0 Å². The maximum absolute atomic E-state index is 12.4. The van der Waals surface area contributed by atoms with Gasteiger partial charge in [-0.2, -0.15) is 0 Å². The van der Waals surface area contributed by atoms with E-state index in [2.05, 4.69) is 5.32 Å². The van der Waals surface area contributed by atoms with Crippen molar-refractivity contribution in [3.05, 3.63) is 24.2 Å². The van der Waals surface area contributed by atoms with Crippen molar-refractivity contribution in [3.63, 3.8) is 0 Å². The van der Waals surface area contributed by atoms with Gasteiger partial charge in [0, 0.05) is 19.0 Å². The summed E-state index contributed by atoms with van der Waals surface area (Å²) < 4.78 is 10.9. The van der Waals surface area contributed by atoms with Crippen LogP contribution < -0.4 is 5.32 Å². The van der Waals surface area contributed by atoms with Gasteiger partial charge in [0.2, 0.25) is 5.91 Å². The second kappa shape index (κ2) is 7.83. The maximum atomic E-state index is 12.4. The topological polar surface area (TPSA) is 71.8 Å². The molecule has 0 bridgehead atoms. The lowest BCUT2D eigenvalue weighted by atomic mass is 9.95. The molecular formula is C18H26N2O4. The number of nitrogens with zero attached hydrogens (tertiary/aromatic N) is 1. The van der Waals surface area contributed by atoms with Crippen molar-refractivity contribution in [2.75, 3.05) is 19.7 Å². The summed E-state index contributed by atoms with van der Waals surface area (Å²) in [6.45, 7) is 4.17. The number of likely N-dealkylation sites (tertiary alicyclic amines) is 1. The zero-order chi connectivity index (χ0) is 16.9. The number of piperidine rings is 1. The number of nitrogens with one attached hydrogen (secondary N) is 1. The van der Waals surface area contributed by atoms with Gasteiger partial charge in [0.1, 0.15) is 11.9 Å². The third-order valence-electron chi connectivity index (χ3n) is 4.82. The van der Waals surface area contributed by atoms with E-state index in [1.807, 2.05) is 17.9 Å². The molecule has 2 fully saturated rings. The van der Waals surface area contributed by atoms with E-state index < -0.39 is 0 Å². The monoisotopic (exact) mass is 334 g/mol. The Kier molecular flexibility index (Phi) is 5.56. The van der Waals surface area contributed by atoms with Crippen LogP contribution in [0.15, 0.2) is 22.8 Å². The largest absolute Gasteiger partial charge is 0.467 e. The van der Waals surface area contributed by atoms with Crippen LogP contribution in [0.1, 0.15) is 38.4 Å². The van der Waals surface area contributed by atoms with Crippen molar-refractivity contribution < 1.29 is 18.7 Å². The summed E-state index contributed by atoms with van der Waals surface area (Å²) in [5, 5.41) is 2.90. The van der Waals surface area contributed by atoms with Crippen molar-refractivity contribution in [1.29, 1.82) is 0 Å². The Labute approximate surface area is 142 Å². The lowest BCUT2D eigenvalue weighted by Crippen LogP contribution is -2.46. The molecule has 0 radical (unpaired) electrons. The van der Waals surface area contributed by atoms with Gasteiger partial charge in [-0.15, -0.1) is 0 Å². The molecule has 1 saturated heterocycles. The first kappa shape index (κ1) is 17.0. The highest BCUT2D eigenvalue weighted by molar-refractivity contribution is 5.82. The number of rotatable bonds is 7. The molecule has 1 N–H and O–H groups in total. The smallest absolute Gasteiger partial charge is 0.251 e. The Bertz CT molecular complexity index is 545. The predicted octanol–water partition coefficient (Wildman–Crippen LogP) is 1.95. The van der Waals surface area contributed by atoms with Crippen LogP contribution in [0.3, 0.4) is 0 Å². The van der Waals surface area contributed by atoms with Gasteiger partial charge in [-0.05, 0) is 50.7 Å². The second-order valence-corrected chi connectivity index (χ2v) is 6.82. The van der Waals surface area contributed by atoms with Gasteiger partial charge in [-0.3, -0.25) is 9.59 Å². The van der Waals surface area contributed by atoms with Crippen molar-refractivity contribution >= 4 is 11.8 Å². The summed E-state index contributed by atoms with van der Waals surface area (Å²) in [5.74, 6) is 1.45. The van der Waals surface area contributed by atoms with E-state index in [0.29, 0.717) is 45.0 Å². The number of amides is 2. The molecule has 1 aromatic heterocycles. The molecule has 2 aliphatic rings. The summed E-state index contributed by atoms with van der Waals surface area (Å²) in [4.78, 5) is 26.4. The molecule has 2 heterocycles. The fraction of sp³-hybridized carbons (Fsp3) is 0.667. The number of hydrogen-bond acceptors (Lipinski definition) is 4. The van der Waals surface area contributed by atoms with E-state index in [1.54, 1.807) is 12.3 Å². The number of furan rings is 1. The van der Waals surface area contributed by atoms with Crippen LogP contribution in [0.2, 0.25) is 0 Å². The molecule has 1 saturated carbocycles. The normalized spacial score (nSPS) is 20.0. The molecule has 0 aromatic carbocycles. The first-order valence-corrected chi connectivity index (χ1v) is 8.84. The fourth-order valence-electron chi connectivity index (χ4n) is 2.99. The zero-order valence-corrected chi connectivity index (χ0v) is 14.2. The molecule has 0 spiro atoms. The van der Waals surface area contributed by atoms with Gasteiger partial charge in [-0.1, -0.05) is 0 Å². The van der Waals surface area contributed by atoms with Gasteiger partial charge >= 0.3 is 0 Å². The number of carbonyl (C=O) groups is 2. The van der Waals surface area contributed by atoms with Crippen molar-refractivity contribution in [3.8, 4) is 0 Å². The van der Waals surface area contributed by atoms with Gasteiger partial charge in [0.05, 0.1) is 19.4 Å². The molecule has 1 aromatic rings. The second-order valence-electron chi connectivity index (χ2n) is 6.82. The summed E-state index contributed by atoms with van der Waals surface area (Å²) in [6.07, 6.45) is 5.06. The van der Waals surface area contributed by atoms with Gasteiger partial charge in [-0.25, -0.2) is 0 Å². The quantitative estimate of drug-likeness (QED) is 0.827. The lowest BCUT2D eigenvalue weighted by molar-refractivity contribution is -0.145. The van der Waals surface area contributed by atoms with E-state index in [0.717, 1.165) is 5.76 Å². The van der Waals surface area contributed by atoms with Gasteiger partial charge in [0.25, 0.3) is 5.91 Å². The van der Waals surface area contributed by atoms with Crippen LogP contribution in [0, 0.1) is 11.8 Å². The molecule has 1 aliphatic heterocycles. The minimum absolute atomic E-state index is 0.0355. The van der Waals surface area contributed by atoms with Crippen molar-refractivity contribution in [2.45, 2.75) is 45.3 Å². The summed E-state index contributed by atoms with van der Waals surface area (Å²) in [6, 6.07) is 3.64. The highest BCUT2D eigenvalue weighted by Crippen LogP contribution is 2.29. The van der Waals surface area contributed by atoms with E-state index in [4.69, 9.17) is 9.15 Å². The zero-order valence-electron chi connectivity index (χ0n) is 14.2. The predicted molar refractivity (Wildman–Crippen MR) is 88.0 cm³/mol. The molecule has 2 amide bonds. The van der Waals surface area contributed by atoms with E-state index in [-0.39, 0.29) is 23.8 Å².